The van der Waals surface area contributed by atoms with Crippen LogP contribution in [-0.2, 0) is 0 Å². The molecule has 0 atom stereocenters. The first-order chi connectivity index (χ1) is 37.8. The Balaban J connectivity index is 0.914. The minimum atomic E-state index is -0.0991. The summed E-state index contributed by atoms with van der Waals surface area (Å²) in [5.41, 5.74) is 30.3. The van der Waals surface area contributed by atoms with Crippen LogP contribution in [0.3, 0.4) is 0 Å². The van der Waals surface area contributed by atoms with Crippen LogP contribution in [-0.4, -0.2) is 26.9 Å². The molecule has 11 aromatic carbocycles. The van der Waals surface area contributed by atoms with Gasteiger partial charge in [-0.15, -0.1) is 0 Å². The number of nitrogens with zero attached hydrogens (tertiary/aromatic N) is 4. The SMILES string of the molecule is c1ccc(N2c3ccccc3B3c4ccccc4N4c5ccccc5B5c6cc7c(cc6Oc6cc2c3c4c65)N(c2ccccc2)c2cc3c4c5c2B7c2ccccc2N5c2ccccc2B4c2ccccc2S3)cc1. The van der Waals surface area contributed by atoms with E-state index in [2.05, 4.69) is 250 Å². The van der Waals surface area contributed by atoms with Crippen molar-refractivity contribution in [1.82, 2.24) is 0 Å². The summed E-state index contributed by atoms with van der Waals surface area (Å²) in [6.07, 6.45) is 0. The van der Waals surface area contributed by atoms with Gasteiger partial charge in [-0.1, -0.05) is 169 Å². The third-order valence-electron chi connectivity index (χ3n) is 17.9. The number of fused-ring (bicyclic) bond motifs is 20. The molecule has 0 N–H and O–H groups in total. The summed E-state index contributed by atoms with van der Waals surface area (Å²) < 4.78 is 7.70. The minimum Gasteiger partial charge on any atom is -0.458 e. The highest BCUT2D eigenvalue weighted by molar-refractivity contribution is 8.00. The highest BCUT2D eigenvalue weighted by atomic mass is 32.2. The van der Waals surface area contributed by atoms with Crippen LogP contribution in [0.4, 0.5) is 68.2 Å². The third-order valence-corrected chi connectivity index (χ3v) is 19.0. The number of benzene rings is 11. The molecule has 0 aliphatic carbocycles. The van der Waals surface area contributed by atoms with Crippen molar-refractivity contribution in [3.05, 3.63) is 231 Å². The Bertz CT molecular complexity index is 4450. The molecule has 5 nitrogen and oxygen atoms in total. The summed E-state index contributed by atoms with van der Waals surface area (Å²) >= 11 is 1.92. The van der Waals surface area contributed by atoms with Gasteiger partial charge in [0.25, 0.3) is 20.1 Å². The molecule has 8 aliphatic rings. The first kappa shape index (κ1) is 40.4. The molecular weight excluding hydrogens is 940 g/mol. The van der Waals surface area contributed by atoms with Crippen molar-refractivity contribution in [2.75, 3.05) is 19.6 Å². The van der Waals surface area contributed by atoms with Crippen molar-refractivity contribution >= 4 is 172 Å². The summed E-state index contributed by atoms with van der Waals surface area (Å²) in [5.74, 6) is 1.80. The van der Waals surface area contributed by atoms with E-state index in [1.807, 2.05) is 11.8 Å². The zero-order valence-corrected chi connectivity index (χ0v) is 41.7. The maximum absolute atomic E-state index is 7.70. The molecule has 76 heavy (non-hydrogen) atoms. The van der Waals surface area contributed by atoms with E-state index in [4.69, 9.17) is 4.74 Å². The Morgan fingerprint density at radius 2 is 0.658 bits per heavy atom. The Morgan fingerprint density at radius 3 is 1.21 bits per heavy atom. The van der Waals surface area contributed by atoms with Crippen LogP contribution >= 0.6 is 11.8 Å². The number of para-hydroxylation sites is 7. The van der Waals surface area contributed by atoms with Gasteiger partial charge in [-0.3, -0.25) is 0 Å². The molecule has 8 aliphatic heterocycles. The number of rotatable bonds is 2. The van der Waals surface area contributed by atoms with Crippen molar-refractivity contribution in [2.24, 2.45) is 0 Å². The maximum Gasteiger partial charge on any atom is 0.256 e. The van der Waals surface area contributed by atoms with Gasteiger partial charge in [0.2, 0.25) is 6.71 Å². The smallest absolute Gasteiger partial charge is 0.256 e. The first-order valence-corrected chi connectivity index (χ1v) is 27.4. The van der Waals surface area contributed by atoms with E-state index in [0.29, 0.717) is 0 Å². The van der Waals surface area contributed by atoms with Crippen molar-refractivity contribution < 1.29 is 4.74 Å². The van der Waals surface area contributed by atoms with E-state index in [0.717, 1.165) is 34.2 Å². The Hall–Kier alpha value is -8.97. The fraction of sp³-hybridized carbons (Fsp3) is 0. The second kappa shape index (κ2) is 14.4. The molecule has 19 rings (SSSR count). The van der Waals surface area contributed by atoms with Gasteiger partial charge >= 0.3 is 0 Å². The summed E-state index contributed by atoms with van der Waals surface area (Å²) in [7, 11) is 0. The molecule has 0 saturated heterocycles. The Labute approximate surface area is 446 Å². The minimum absolute atomic E-state index is 0.0226. The Morgan fingerprint density at radius 1 is 0.263 bits per heavy atom. The third kappa shape index (κ3) is 4.91. The van der Waals surface area contributed by atoms with Crippen LogP contribution in [0.1, 0.15) is 0 Å². The number of hydrogen-bond acceptors (Lipinski definition) is 6. The van der Waals surface area contributed by atoms with Gasteiger partial charge in [-0.05, 0) is 127 Å². The molecule has 0 unspecified atom stereocenters. The molecular formula is C66H38B4N4OS. The average molecular weight is 978 g/mol. The lowest BCUT2D eigenvalue weighted by Gasteiger charge is -2.50. The van der Waals surface area contributed by atoms with Crippen LogP contribution in [0, 0.1) is 0 Å². The second-order valence-electron chi connectivity index (χ2n) is 21.4. The van der Waals surface area contributed by atoms with Gasteiger partial charge in [0, 0.05) is 90.2 Å². The molecule has 0 aromatic heterocycles. The summed E-state index contributed by atoms with van der Waals surface area (Å²) in [6, 6.07) is 86.7. The lowest BCUT2D eigenvalue weighted by molar-refractivity contribution is 0.488. The van der Waals surface area contributed by atoms with Crippen molar-refractivity contribution in [1.29, 1.82) is 0 Å². The van der Waals surface area contributed by atoms with E-state index < -0.39 is 0 Å². The Kier molecular flexibility index (Phi) is 7.68. The average Bonchev–Trinajstić information content (AvgIpc) is 3.56. The molecule has 0 amide bonds. The number of ether oxygens (including phenoxy) is 1. The van der Waals surface area contributed by atoms with E-state index >= 15 is 0 Å². The largest absolute Gasteiger partial charge is 0.458 e. The van der Waals surface area contributed by atoms with Crippen molar-refractivity contribution in [3.63, 3.8) is 0 Å². The lowest BCUT2D eigenvalue weighted by Crippen LogP contribution is -2.69. The quantitative estimate of drug-likeness (QED) is 0.163. The van der Waals surface area contributed by atoms with E-state index in [1.165, 1.54) is 121 Å². The van der Waals surface area contributed by atoms with Gasteiger partial charge in [0.1, 0.15) is 11.5 Å². The number of hydrogen-bond donors (Lipinski definition) is 0. The summed E-state index contributed by atoms with van der Waals surface area (Å²) in [6.45, 7) is -0.0243. The molecule has 0 fully saturated rings. The molecule has 0 spiro atoms. The standard InChI is InChI=1S/C66H38B4N4OS/c1-3-19-39(20-4-1)71-49-29-13-7-23-41(49)67-42-24-8-14-30-50(42)73-53-33-17-11-27-45(53)70-48-35-47-54(36-57(48)75-58-37-55(71)61(67)65(73)63(58)70)72(40-21-5-2-6-22-40)56-38-60-64-66-62(56)69(47)44-26-10-16-32-52(44)74(66)51-31-15-9-25-43(51)68(64)46-28-12-18-34-59(46)76-60/h1-38H. The van der Waals surface area contributed by atoms with Crippen molar-refractivity contribution in [3.8, 4) is 11.5 Å². The van der Waals surface area contributed by atoms with Gasteiger partial charge in [0.15, 0.2) is 0 Å². The molecule has 8 heterocycles. The van der Waals surface area contributed by atoms with Crippen LogP contribution in [0.25, 0.3) is 0 Å². The normalized spacial score (nSPS) is 14.9. The zero-order chi connectivity index (χ0) is 49.1. The predicted molar refractivity (Wildman–Crippen MR) is 321 cm³/mol. The second-order valence-corrected chi connectivity index (χ2v) is 22.5. The monoisotopic (exact) mass is 978 g/mol. The highest BCUT2D eigenvalue weighted by Gasteiger charge is 2.54. The van der Waals surface area contributed by atoms with Gasteiger partial charge < -0.3 is 24.3 Å². The molecule has 346 valence electrons. The fourth-order valence-electron chi connectivity index (χ4n) is 15.2. The van der Waals surface area contributed by atoms with Gasteiger partial charge in [-0.25, -0.2) is 0 Å². The first-order valence-electron chi connectivity index (χ1n) is 26.6. The van der Waals surface area contributed by atoms with Crippen LogP contribution in [0.5, 0.6) is 11.5 Å². The molecule has 11 aromatic rings. The summed E-state index contributed by atoms with van der Waals surface area (Å²) in [5, 5.41) is 0. The molecule has 0 bridgehead atoms. The van der Waals surface area contributed by atoms with Crippen LogP contribution < -0.4 is 89.9 Å². The van der Waals surface area contributed by atoms with E-state index in [-0.39, 0.29) is 26.9 Å². The van der Waals surface area contributed by atoms with Gasteiger partial charge in [-0.2, -0.15) is 0 Å². The number of anilines is 12. The highest BCUT2D eigenvalue weighted by Crippen LogP contribution is 2.51. The maximum atomic E-state index is 7.70. The zero-order valence-electron chi connectivity index (χ0n) is 40.9. The van der Waals surface area contributed by atoms with Crippen LogP contribution in [0.2, 0.25) is 0 Å². The fourth-order valence-corrected chi connectivity index (χ4v) is 16.3. The van der Waals surface area contributed by atoms with Crippen LogP contribution in [0.15, 0.2) is 240 Å². The summed E-state index contributed by atoms with van der Waals surface area (Å²) in [4.78, 5) is 12.9. The van der Waals surface area contributed by atoms with Gasteiger partial charge in [0.05, 0.1) is 0 Å². The van der Waals surface area contributed by atoms with E-state index in [1.54, 1.807) is 0 Å². The lowest BCUT2D eigenvalue weighted by atomic mass is 9.27. The van der Waals surface area contributed by atoms with E-state index in [9.17, 15) is 0 Å². The molecule has 10 heteroatoms. The molecule has 0 radical (unpaired) electrons. The topological polar surface area (TPSA) is 22.2 Å². The molecule has 0 saturated carbocycles. The van der Waals surface area contributed by atoms with Crippen molar-refractivity contribution in [2.45, 2.75) is 9.79 Å². The predicted octanol–water partition coefficient (Wildman–Crippen LogP) is 8.08.